The van der Waals surface area contributed by atoms with Crippen LogP contribution in [0.5, 0.6) is 0 Å². The van der Waals surface area contributed by atoms with Crippen molar-refractivity contribution >= 4 is 12.6 Å². The van der Waals surface area contributed by atoms with Crippen LogP contribution in [-0.4, -0.2) is 12.6 Å². The smallest absolute Gasteiger partial charge is 0.151 e. The van der Waals surface area contributed by atoms with Gasteiger partial charge in [0.15, 0.2) is 12.6 Å². The van der Waals surface area contributed by atoms with Gasteiger partial charge in [-0.3, -0.25) is 9.59 Å². The molecule has 3 aromatic rings. The lowest BCUT2D eigenvalue weighted by Gasteiger charge is -2.14. The molecule has 0 amide bonds. The predicted molar refractivity (Wildman–Crippen MR) is 88.1 cm³/mol. The van der Waals surface area contributed by atoms with Gasteiger partial charge in [-0.15, -0.1) is 0 Å². The van der Waals surface area contributed by atoms with E-state index in [-0.39, 0.29) is 0 Å². The van der Waals surface area contributed by atoms with Gasteiger partial charge in [-0.05, 0) is 16.7 Å². The molecule has 3 rings (SSSR count). The Hall–Kier alpha value is -3.00. The second-order valence-electron chi connectivity index (χ2n) is 4.96. The summed E-state index contributed by atoms with van der Waals surface area (Å²) >= 11 is 0. The summed E-state index contributed by atoms with van der Waals surface area (Å²) in [6.45, 7) is 0. The summed E-state index contributed by atoms with van der Waals surface area (Å²) in [6, 6.07) is 23.1. The van der Waals surface area contributed by atoms with Crippen molar-refractivity contribution in [3.63, 3.8) is 0 Å². The third-order valence-corrected chi connectivity index (χ3v) is 3.67. The van der Waals surface area contributed by atoms with Crippen molar-refractivity contribution < 1.29 is 9.59 Å². The summed E-state index contributed by atoms with van der Waals surface area (Å²) in [6.07, 6.45) is 1.49. The van der Waals surface area contributed by atoms with Gasteiger partial charge in [0, 0.05) is 16.7 Å². The van der Waals surface area contributed by atoms with Crippen molar-refractivity contribution in [1.82, 2.24) is 0 Å². The summed E-state index contributed by atoms with van der Waals surface area (Å²) in [7, 11) is 0. The summed E-state index contributed by atoms with van der Waals surface area (Å²) in [5.41, 5.74) is 4.52. The number of hydrogen-bond donors (Lipinski definition) is 0. The minimum Gasteiger partial charge on any atom is -0.298 e. The van der Waals surface area contributed by atoms with E-state index in [2.05, 4.69) is 0 Å². The summed E-state index contributed by atoms with van der Waals surface area (Å²) in [4.78, 5) is 22.9. The molecule has 0 bridgehead atoms. The van der Waals surface area contributed by atoms with E-state index in [0.29, 0.717) is 11.1 Å². The Bertz CT molecular complexity index is 806. The number of aldehydes is 2. The lowest BCUT2D eigenvalue weighted by molar-refractivity contribution is 0.109. The normalized spacial score (nSPS) is 10.2. The Balaban J connectivity index is 2.36. The maximum Gasteiger partial charge on any atom is 0.151 e. The largest absolute Gasteiger partial charge is 0.298 e. The van der Waals surface area contributed by atoms with E-state index in [4.69, 9.17) is 0 Å². The fourth-order valence-corrected chi connectivity index (χ4v) is 2.64. The van der Waals surface area contributed by atoms with Gasteiger partial charge >= 0.3 is 0 Å². The molecular formula is C20H14O2. The first-order chi connectivity index (χ1) is 10.8. The van der Waals surface area contributed by atoms with Crippen molar-refractivity contribution in [3.05, 3.63) is 83.9 Å². The van der Waals surface area contributed by atoms with E-state index in [0.717, 1.165) is 34.8 Å². The Morgan fingerprint density at radius 3 is 1.73 bits per heavy atom. The number of hydrogen-bond acceptors (Lipinski definition) is 2. The molecule has 0 fully saturated rings. The van der Waals surface area contributed by atoms with Gasteiger partial charge in [0.25, 0.3) is 0 Å². The molecule has 0 heterocycles. The first-order valence-electron chi connectivity index (χ1n) is 7.03. The quantitative estimate of drug-likeness (QED) is 0.654. The molecule has 2 heteroatoms. The number of benzene rings is 3. The van der Waals surface area contributed by atoms with E-state index in [1.54, 1.807) is 6.07 Å². The van der Waals surface area contributed by atoms with Crippen molar-refractivity contribution in [2.24, 2.45) is 0 Å². The highest BCUT2D eigenvalue weighted by Gasteiger charge is 2.15. The molecule has 0 radical (unpaired) electrons. The van der Waals surface area contributed by atoms with Gasteiger partial charge < -0.3 is 0 Å². The average Bonchev–Trinajstić information content (AvgIpc) is 2.61. The first-order valence-corrected chi connectivity index (χ1v) is 7.03. The molecule has 0 aliphatic heterocycles. The number of carbonyl (C=O) groups is 2. The maximum atomic E-state index is 11.6. The molecule has 0 aliphatic rings. The molecule has 22 heavy (non-hydrogen) atoms. The lowest BCUT2D eigenvalue weighted by atomic mass is 9.88. The molecule has 0 unspecified atom stereocenters. The number of rotatable bonds is 4. The SMILES string of the molecule is O=Cc1ccc(-c2ccccc2)c(-c2ccccc2)c1C=O. The highest BCUT2D eigenvalue weighted by atomic mass is 16.1. The number of carbonyl (C=O) groups excluding carboxylic acids is 2. The lowest BCUT2D eigenvalue weighted by Crippen LogP contribution is -1.98. The van der Waals surface area contributed by atoms with Crippen LogP contribution in [-0.2, 0) is 0 Å². The van der Waals surface area contributed by atoms with Crippen LogP contribution in [0.15, 0.2) is 72.8 Å². The third kappa shape index (κ3) is 2.47. The summed E-state index contributed by atoms with van der Waals surface area (Å²) < 4.78 is 0. The zero-order valence-electron chi connectivity index (χ0n) is 11.9. The summed E-state index contributed by atoms with van der Waals surface area (Å²) in [5.74, 6) is 0. The van der Waals surface area contributed by atoms with Gasteiger partial charge in [-0.25, -0.2) is 0 Å². The first kappa shape index (κ1) is 14.0. The second kappa shape index (κ2) is 6.19. The monoisotopic (exact) mass is 286 g/mol. The Morgan fingerprint density at radius 2 is 1.18 bits per heavy atom. The van der Waals surface area contributed by atoms with Crippen LogP contribution in [0.25, 0.3) is 22.3 Å². The molecule has 106 valence electrons. The summed E-state index contributed by atoms with van der Waals surface area (Å²) in [5, 5.41) is 0. The Labute approximate surface area is 129 Å². The van der Waals surface area contributed by atoms with E-state index in [1.165, 1.54) is 0 Å². The van der Waals surface area contributed by atoms with Crippen molar-refractivity contribution in [2.45, 2.75) is 0 Å². The highest BCUT2D eigenvalue weighted by Crippen LogP contribution is 2.35. The highest BCUT2D eigenvalue weighted by molar-refractivity contribution is 6.02. The van der Waals surface area contributed by atoms with Crippen LogP contribution in [0.3, 0.4) is 0 Å². The van der Waals surface area contributed by atoms with Gasteiger partial charge in [0.1, 0.15) is 0 Å². The topological polar surface area (TPSA) is 34.1 Å². The zero-order valence-corrected chi connectivity index (χ0v) is 11.9. The molecule has 3 aromatic carbocycles. The van der Waals surface area contributed by atoms with Crippen molar-refractivity contribution in [2.75, 3.05) is 0 Å². The van der Waals surface area contributed by atoms with Crippen LogP contribution in [0, 0.1) is 0 Å². The van der Waals surface area contributed by atoms with E-state index >= 15 is 0 Å². The Morgan fingerprint density at radius 1 is 0.591 bits per heavy atom. The predicted octanol–water partition coefficient (Wildman–Crippen LogP) is 4.65. The van der Waals surface area contributed by atoms with Crippen LogP contribution in [0.2, 0.25) is 0 Å². The third-order valence-electron chi connectivity index (χ3n) is 3.67. The molecule has 0 saturated carbocycles. The van der Waals surface area contributed by atoms with E-state index in [9.17, 15) is 9.59 Å². The van der Waals surface area contributed by atoms with Crippen LogP contribution < -0.4 is 0 Å². The van der Waals surface area contributed by atoms with Gasteiger partial charge in [0.2, 0.25) is 0 Å². The van der Waals surface area contributed by atoms with Crippen LogP contribution in [0.4, 0.5) is 0 Å². The fraction of sp³-hybridized carbons (Fsp3) is 0. The second-order valence-corrected chi connectivity index (χ2v) is 4.96. The minimum absolute atomic E-state index is 0.411. The van der Waals surface area contributed by atoms with Gasteiger partial charge in [-0.1, -0.05) is 72.8 Å². The molecule has 0 saturated heterocycles. The molecular weight excluding hydrogens is 272 g/mol. The van der Waals surface area contributed by atoms with Crippen LogP contribution >= 0.6 is 0 Å². The van der Waals surface area contributed by atoms with Crippen molar-refractivity contribution in [1.29, 1.82) is 0 Å². The fourth-order valence-electron chi connectivity index (χ4n) is 2.64. The molecule has 0 N–H and O–H groups in total. The molecule has 2 nitrogen and oxygen atoms in total. The van der Waals surface area contributed by atoms with E-state index in [1.807, 2.05) is 66.7 Å². The van der Waals surface area contributed by atoms with Gasteiger partial charge in [-0.2, -0.15) is 0 Å². The standard InChI is InChI=1S/C20H14O2/c21-13-17-11-12-18(15-7-3-1-4-8-15)20(19(17)14-22)16-9-5-2-6-10-16/h1-14H. The van der Waals surface area contributed by atoms with E-state index < -0.39 is 0 Å². The molecule has 0 aromatic heterocycles. The average molecular weight is 286 g/mol. The van der Waals surface area contributed by atoms with Crippen LogP contribution in [0.1, 0.15) is 20.7 Å². The maximum absolute atomic E-state index is 11.6. The van der Waals surface area contributed by atoms with Crippen molar-refractivity contribution in [3.8, 4) is 22.3 Å². The zero-order chi connectivity index (χ0) is 15.4. The minimum atomic E-state index is 0.411. The molecule has 0 spiro atoms. The Kier molecular flexibility index (Phi) is 3.92. The molecule has 0 aliphatic carbocycles. The van der Waals surface area contributed by atoms with Gasteiger partial charge in [0.05, 0.1) is 0 Å². The molecule has 0 atom stereocenters.